The third-order valence-corrected chi connectivity index (χ3v) is 2.65. The number of phosphoric ester groups is 1. The van der Waals surface area contributed by atoms with Crippen LogP contribution in [0.1, 0.15) is 6.42 Å². The van der Waals surface area contributed by atoms with Gasteiger partial charge in [0.05, 0.1) is 19.8 Å². The summed E-state index contributed by atoms with van der Waals surface area (Å²) in [5, 5.41) is 0. The Bertz CT molecular complexity index is 169. The van der Waals surface area contributed by atoms with Gasteiger partial charge in [-0.15, -0.1) is 6.58 Å². The van der Waals surface area contributed by atoms with Crippen molar-refractivity contribution in [3.63, 3.8) is 0 Å². The molecule has 0 bridgehead atoms. The molecule has 0 unspecified atom stereocenters. The maximum absolute atomic E-state index is 11.2. The van der Waals surface area contributed by atoms with Crippen molar-refractivity contribution in [1.82, 2.24) is 0 Å². The summed E-state index contributed by atoms with van der Waals surface area (Å²) < 4.78 is 25.6. The second kappa shape index (κ2) is 4.02. The fourth-order valence-electron chi connectivity index (χ4n) is 0.658. The molecule has 1 aliphatic rings. The lowest BCUT2D eigenvalue weighted by atomic mass is 10.5. The molecule has 0 aliphatic carbocycles. The van der Waals surface area contributed by atoms with E-state index in [9.17, 15) is 4.57 Å². The Morgan fingerprint density at radius 3 is 2.73 bits per heavy atom. The van der Waals surface area contributed by atoms with Crippen LogP contribution in [0.25, 0.3) is 0 Å². The van der Waals surface area contributed by atoms with Gasteiger partial charge < -0.3 is 0 Å². The summed E-state index contributed by atoms with van der Waals surface area (Å²) in [5.74, 6) is 0. The van der Waals surface area contributed by atoms with Crippen LogP contribution in [0.5, 0.6) is 0 Å². The van der Waals surface area contributed by atoms with Gasteiger partial charge in [0, 0.05) is 0 Å². The summed E-state index contributed by atoms with van der Waals surface area (Å²) in [6.07, 6.45) is 2.33. The molecule has 0 saturated carbocycles. The van der Waals surface area contributed by atoms with Gasteiger partial charge >= 0.3 is 7.82 Å². The second-order valence-corrected chi connectivity index (χ2v) is 3.69. The summed E-state index contributed by atoms with van der Waals surface area (Å²) >= 11 is 0. The minimum atomic E-state index is -3.15. The van der Waals surface area contributed by atoms with Crippen LogP contribution >= 0.6 is 7.82 Å². The highest BCUT2D eigenvalue weighted by Crippen LogP contribution is 2.52. The first-order valence-electron chi connectivity index (χ1n) is 3.41. The molecule has 0 aromatic rings. The van der Waals surface area contributed by atoms with E-state index < -0.39 is 7.82 Å². The van der Waals surface area contributed by atoms with E-state index in [0.717, 1.165) is 0 Å². The van der Waals surface area contributed by atoms with E-state index in [2.05, 4.69) is 6.58 Å². The van der Waals surface area contributed by atoms with Gasteiger partial charge in [-0.1, -0.05) is 6.08 Å². The highest BCUT2D eigenvalue weighted by Gasteiger charge is 2.31. The van der Waals surface area contributed by atoms with Crippen LogP contribution in [-0.4, -0.2) is 19.8 Å². The summed E-state index contributed by atoms with van der Waals surface area (Å²) in [5.41, 5.74) is 0. The molecule has 1 aliphatic heterocycles. The van der Waals surface area contributed by atoms with Gasteiger partial charge in [0.1, 0.15) is 0 Å². The second-order valence-electron chi connectivity index (χ2n) is 2.02. The lowest BCUT2D eigenvalue weighted by molar-refractivity contribution is 0.193. The average Bonchev–Trinajstić information content (AvgIpc) is 2.38. The van der Waals surface area contributed by atoms with Crippen LogP contribution in [-0.2, 0) is 18.1 Å². The molecular formula is C6H11O4P. The van der Waals surface area contributed by atoms with Crippen LogP contribution in [0.3, 0.4) is 0 Å². The van der Waals surface area contributed by atoms with E-state index in [0.29, 0.717) is 26.2 Å². The SMILES string of the molecule is C=CCCOP1(=O)OCCO1. The Hall–Kier alpha value is -0.150. The average molecular weight is 178 g/mol. The topological polar surface area (TPSA) is 44.8 Å². The smallest absolute Gasteiger partial charge is 0.287 e. The molecule has 1 fully saturated rings. The van der Waals surface area contributed by atoms with Gasteiger partial charge in [0.15, 0.2) is 0 Å². The van der Waals surface area contributed by atoms with Crippen molar-refractivity contribution in [2.24, 2.45) is 0 Å². The van der Waals surface area contributed by atoms with E-state index in [1.165, 1.54) is 0 Å². The van der Waals surface area contributed by atoms with Crippen molar-refractivity contribution in [1.29, 1.82) is 0 Å². The Kier molecular flexibility index (Phi) is 3.27. The number of phosphoric acid groups is 1. The Morgan fingerprint density at radius 1 is 1.55 bits per heavy atom. The van der Waals surface area contributed by atoms with Gasteiger partial charge in [-0.2, -0.15) is 0 Å². The van der Waals surface area contributed by atoms with Crippen molar-refractivity contribution in [2.75, 3.05) is 19.8 Å². The largest absolute Gasteiger partial charge is 0.474 e. The lowest BCUT2D eigenvalue weighted by Crippen LogP contribution is -1.91. The highest BCUT2D eigenvalue weighted by molar-refractivity contribution is 7.48. The summed E-state index contributed by atoms with van der Waals surface area (Å²) in [6, 6.07) is 0. The minimum absolute atomic E-state index is 0.334. The zero-order valence-electron chi connectivity index (χ0n) is 6.19. The zero-order chi connectivity index (χ0) is 8.16. The molecular weight excluding hydrogens is 167 g/mol. The summed E-state index contributed by atoms with van der Waals surface area (Å²) in [6.45, 7) is 4.54. The lowest BCUT2D eigenvalue weighted by Gasteiger charge is -2.07. The monoisotopic (exact) mass is 178 g/mol. The fourth-order valence-corrected chi connectivity index (χ4v) is 1.81. The van der Waals surface area contributed by atoms with Crippen LogP contribution in [0.4, 0.5) is 0 Å². The Morgan fingerprint density at radius 2 is 2.18 bits per heavy atom. The van der Waals surface area contributed by atoms with Gasteiger partial charge in [-0.05, 0) is 6.42 Å². The summed E-state index contributed by atoms with van der Waals surface area (Å²) in [7, 11) is -3.15. The molecule has 1 heterocycles. The molecule has 0 N–H and O–H groups in total. The van der Waals surface area contributed by atoms with E-state index in [1.54, 1.807) is 6.08 Å². The standard InChI is InChI=1S/C6H11O4P/c1-2-3-4-8-11(7)9-5-6-10-11/h2H,1,3-6H2. The van der Waals surface area contributed by atoms with Crippen LogP contribution < -0.4 is 0 Å². The van der Waals surface area contributed by atoms with Crippen LogP contribution in [0.2, 0.25) is 0 Å². The van der Waals surface area contributed by atoms with Gasteiger partial charge in [-0.25, -0.2) is 4.57 Å². The first kappa shape index (κ1) is 8.94. The molecule has 4 nitrogen and oxygen atoms in total. The molecule has 0 spiro atoms. The molecule has 1 rings (SSSR count). The van der Waals surface area contributed by atoms with Crippen molar-refractivity contribution in [3.05, 3.63) is 12.7 Å². The molecule has 0 radical (unpaired) electrons. The maximum atomic E-state index is 11.2. The van der Waals surface area contributed by atoms with E-state index >= 15 is 0 Å². The quantitative estimate of drug-likeness (QED) is 0.373. The number of hydrogen-bond donors (Lipinski definition) is 0. The predicted molar refractivity (Wildman–Crippen MR) is 40.3 cm³/mol. The molecule has 0 amide bonds. The van der Waals surface area contributed by atoms with Crippen molar-refractivity contribution < 1.29 is 18.1 Å². The Labute approximate surface area is 65.8 Å². The van der Waals surface area contributed by atoms with Gasteiger partial charge in [0.25, 0.3) is 0 Å². The molecule has 0 aromatic heterocycles. The van der Waals surface area contributed by atoms with Crippen LogP contribution in [0, 0.1) is 0 Å². The van der Waals surface area contributed by atoms with E-state index in [1.807, 2.05) is 0 Å². The molecule has 1 saturated heterocycles. The molecule has 5 heteroatoms. The van der Waals surface area contributed by atoms with Crippen molar-refractivity contribution in [2.45, 2.75) is 6.42 Å². The third kappa shape index (κ3) is 2.75. The first-order chi connectivity index (χ1) is 5.27. The van der Waals surface area contributed by atoms with Crippen molar-refractivity contribution >= 4 is 7.82 Å². The maximum Gasteiger partial charge on any atom is 0.474 e. The Balaban J connectivity index is 2.23. The normalized spacial score (nSPS) is 21.8. The van der Waals surface area contributed by atoms with E-state index in [-0.39, 0.29) is 0 Å². The summed E-state index contributed by atoms with van der Waals surface area (Å²) in [4.78, 5) is 0. The minimum Gasteiger partial charge on any atom is -0.287 e. The number of rotatable bonds is 4. The number of hydrogen-bond acceptors (Lipinski definition) is 4. The fraction of sp³-hybridized carbons (Fsp3) is 0.667. The predicted octanol–water partition coefficient (Wildman–Crippen LogP) is 1.73. The highest BCUT2D eigenvalue weighted by atomic mass is 31.2. The van der Waals surface area contributed by atoms with Gasteiger partial charge in [-0.3, -0.25) is 13.6 Å². The van der Waals surface area contributed by atoms with Crippen LogP contribution in [0.15, 0.2) is 12.7 Å². The third-order valence-electron chi connectivity index (χ3n) is 1.15. The molecule has 11 heavy (non-hydrogen) atoms. The molecule has 0 atom stereocenters. The van der Waals surface area contributed by atoms with Gasteiger partial charge in [0.2, 0.25) is 0 Å². The molecule has 0 aromatic carbocycles. The zero-order valence-corrected chi connectivity index (χ0v) is 7.09. The van der Waals surface area contributed by atoms with E-state index in [4.69, 9.17) is 13.6 Å². The first-order valence-corrected chi connectivity index (χ1v) is 4.87. The van der Waals surface area contributed by atoms with Crippen molar-refractivity contribution in [3.8, 4) is 0 Å². The molecule has 64 valence electrons.